The Labute approximate surface area is 91.0 Å². The first kappa shape index (κ1) is 11.5. The molecule has 1 aromatic carbocycles. The van der Waals surface area contributed by atoms with Gasteiger partial charge in [0.2, 0.25) is 5.91 Å². The van der Waals surface area contributed by atoms with Crippen LogP contribution < -0.4 is 5.32 Å². The highest BCUT2D eigenvalue weighted by atomic mass is 16.1. The van der Waals surface area contributed by atoms with E-state index in [1.54, 1.807) is 0 Å². The molecule has 2 heteroatoms. The SMILES string of the molecule is C/C=C/C(C)c1ccccc1NC(C)=O. The summed E-state index contributed by atoms with van der Waals surface area (Å²) >= 11 is 0. The van der Waals surface area contributed by atoms with E-state index in [0.717, 1.165) is 11.3 Å². The third kappa shape index (κ3) is 3.24. The van der Waals surface area contributed by atoms with Crippen LogP contribution in [-0.2, 0) is 4.79 Å². The first-order valence-corrected chi connectivity index (χ1v) is 5.14. The first-order valence-electron chi connectivity index (χ1n) is 5.14. The van der Waals surface area contributed by atoms with Crippen LogP contribution in [-0.4, -0.2) is 5.91 Å². The quantitative estimate of drug-likeness (QED) is 0.750. The van der Waals surface area contributed by atoms with E-state index in [1.165, 1.54) is 6.92 Å². The molecule has 0 aliphatic rings. The zero-order chi connectivity index (χ0) is 11.3. The number of amides is 1. The summed E-state index contributed by atoms with van der Waals surface area (Å²) in [7, 11) is 0. The molecule has 1 amide bonds. The van der Waals surface area contributed by atoms with Crippen molar-refractivity contribution in [1.29, 1.82) is 0 Å². The molecule has 1 unspecified atom stereocenters. The maximum atomic E-state index is 11.0. The summed E-state index contributed by atoms with van der Waals surface area (Å²) in [5.74, 6) is 0.285. The molecule has 0 aliphatic carbocycles. The van der Waals surface area contributed by atoms with Crippen molar-refractivity contribution in [2.24, 2.45) is 0 Å². The molecule has 15 heavy (non-hydrogen) atoms. The summed E-state index contributed by atoms with van der Waals surface area (Å²) < 4.78 is 0. The molecule has 0 fully saturated rings. The third-order valence-electron chi connectivity index (χ3n) is 2.24. The van der Waals surface area contributed by atoms with E-state index in [9.17, 15) is 4.79 Å². The van der Waals surface area contributed by atoms with Gasteiger partial charge in [0.1, 0.15) is 0 Å². The number of anilines is 1. The van der Waals surface area contributed by atoms with E-state index >= 15 is 0 Å². The number of hydrogen-bond donors (Lipinski definition) is 1. The second kappa shape index (κ2) is 5.35. The molecule has 80 valence electrons. The van der Waals surface area contributed by atoms with Crippen molar-refractivity contribution in [2.45, 2.75) is 26.7 Å². The molecule has 1 aromatic rings. The van der Waals surface area contributed by atoms with Crippen LogP contribution in [0.3, 0.4) is 0 Å². The van der Waals surface area contributed by atoms with E-state index < -0.39 is 0 Å². The second-order valence-corrected chi connectivity index (χ2v) is 3.58. The fourth-order valence-electron chi connectivity index (χ4n) is 1.59. The lowest BCUT2D eigenvalue weighted by molar-refractivity contribution is -0.114. The normalized spacial score (nSPS) is 12.7. The Balaban J connectivity index is 3.00. The van der Waals surface area contributed by atoms with E-state index in [1.807, 2.05) is 37.3 Å². The molecule has 2 nitrogen and oxygen atoms in total. The monoisotopic (exact) mass is 203 g/mol. The molecule has 0 saturated heterocycles. The summed E-state index contributed by atoms with van der Waals surface area (Å²) in [6.45, 7) is 5.63. The Kier molecular flexibility index (Phi) is 4.10. The molecule has 0 aromatic heterocycles. The highest BCUT2D eigenvalue weighted by Gasteiger charge is 2.07. The van der Waals surface area contributed by atoms with E-state index in [0.29, 0.717) is 5.92 Å². The van der Waals surface area contributed by atoms with Crippen molar-refractivity contribution < 1.29 is 4.79 Å². The molecule has 0 aliphatic heterocycles. The van der Waals surface area contributed by atoms with Gasteiger partial charge >= 0.3 is 0 Å². The van der Waals surface area contributed by atoms with Gasteiger partial charge in [-0.15, -0.1) is 0 Å². The molecule has 0 bridgehead atoms. The van der Waals surface area contributed by atoms with Crippen LogP contribution in [0, 0.1) is 0 Å². The minimum atomic E-state index is -0.0323. The Morgan fingerprint density at radius 3 is 2.67 bits per heavy atom. The topological polar surface area (TPSA) is 29.1 Å². The molecule has 0 saturated carbocycles. The number of nitrogens with one attached hydrogen (secondary N) is 1. The Bertz CT molecular complexity index is 369. The van der Waals surface area contributed by atoms with Crippen LogP contribution in [0.15, 0.2) is 36.4 Å². The second-order valence-electron chi connectivity index (χ2n) is 3.58. The lowest BCUT2D eigenvalue weighted by Gasteiger charge is -2.13. The molecule has 1 atom stereocenters. The van der Waals surface area contributed by atoms with Crippen LogP contribution in [0.2, 0.25) is 0 Å². The average molecular weight is 203 g/mol. The molecule has 1 rings (SSSR count). The summed E-state index contributed by atoms with van der Waals surface area (Å²) in [6.07, 6.45) is 4.13. The summed E-state index contributed by atoms with van der Waals surface area (Å²) in [4.78, 5) is 11.0. The maximum absolute atomic E-state index is 11.0. The number of allylic oxidation sites excluding steroid dienone is 2. The predicted octanol–water partition coefficient (Wildman–Crippen LogP) is 3.32. The summed E-state index contributed by atoms with van der Waals surface area (Å²) in [5, 5.41) is 2.84. The van der Waals surface area contributed by atoms with Gasteiger partial charge in [-0.25, -0.2) is 0 Å². The first-order chi connectivity index (χ1) is 7.15. The van der Waals surface area contributed by atoms with Crippen LogP contribution in [0.25, 0.3) is 0 Å². The van der Waals surface area contributed by atoms with Crippen LogP contribution in [0.1, 0.15) is 32.3 Å². The summed E-state index contributed by atoms with van der Waals surface area (Å²) in [6, 6.07) is 7.88. The number of carbonyl (C=O) groups is 1. The Morgan fingerprint density at radius 1 is 1.40 bits per heavy atom. The Morgan fingerprint density at radius 2 is 2.07 bits per heavy atom. The third-order valence-corrected chi connectivity index (χ3v) is 2.24. The van der Waals surface area contributed by atoms with Crippen molar-refractivity contribution in [2.75, 3.05) is 5.32 Å². The number of rotatable bonds is 3. The molecular weight excluding hydrogens is 186 g/mol. The van der Waals surface area contributed by atoms with Gasteiger partial charge in [0.15, 0.2) is 0 Å². The van der Waals surface area contributed by atoms with Gasteiger partial charge < -0.3 is 5.32 Å². The van der Waals surface area contributed by atoms with Gasteiger partial charge in [-0.05, 0) is 18.6 Å². The van der Waals surface area contributed by atoms with E-state index in [-0.39, 0.29) is 5.91 Å². The fourth-order valence-corrected chi connectivity index (χ4v) is 1.59. The molecule has 0 heterocycles. The van der Waals surface area contributed by atoms with Crippen molar-refractivity contribution in [3.05, 3.63) is 42.0 Å². The van der Waals surface area contributed by atoms with Gasteiger partial charge in [0.05, 0.1) is 0 Å². The predicted molar refractivity (Wildman–Crippen MR) is 64.0 cm³/mol. The lowest BCUT2D eigenvalue weighted by atomic mass is 9.99. The number of para-hydroxylation sites is 1. The average Bonchev–Trinajstić information content (AvgIpc) is 2.18. The molecule has 0 spiro atoms. The highest BCUT2D eigenvalue weighted by molar-refractivity contribution is 5.89. The van der Waals surface area contributed by atoms with Crippen molar-refractivity contribution >= 4 is 11.6 Å². The van der Waals surface area contributed by atoms with Gasteiger partial charge in [-0.2, -0.15) is 0 Å². The lowest BCUT2D eigenvalue weighted by Crippen LogP contribution is -2.08. The summed E-state index contributed by atoms with van der Waals surface area (Å²) in [5.41, 5.74) is 2.04. The number of hydrogen-bond acceptors (Lipinski definition) is 1. The molecular formula is C13H17NO. The molecule has 0 radical (unpaired) electrons. The van der Waals surface area contributed by atoms with Crippen LogP contribution >= 0.6 is 0 Å². The van der Waals surface area contributed by atoms with Crippen molar-refractivity contribution in [1.82, 2.24) is 0 Å². The zero-order valence-electron chi connectivity index (χ0n) is 9.45. The zero-order valence-corrected chi connectivity index (χ0v) is 9.45. The van der Waals surface area contributed by atoms with Crippen LogP contribution in [0.5, 0.6) is 0 Å². The largest absolute Gasteiger partial charge is 0.326 e. The van der Waals surface area contributed by atoms with Gasteiger partial charge in [0.25, 0.3) is 0 Å². The smallest absolute Gasteiger partial charge is 0.221 e. The van der Waals surface area contributed by atoms with E-state index in [4.69, 9.17) is 0 Å². The van der Waals surface area contributed by atoms with Crippen molar-refractivity contribution in [3.8, 4) is 0 Å². The van der Waals surface area contributed by atoms with Crippen LogP contribution in [0.4, 0.5) is 5.69 Å². The van der Waals surface area contributed by atoms with Crippen molar-refractivity contribution in [3.63, 3.8) is 0 Å². The maximum Gasteiger partial charge on any atom is 0.221 e. The highest BCUT2D eigenvalue weighted by Crippen LogP contribution is 2.25. The number of benzene rings is 1. The Hall–Kier alpha value is -1.57. The molecule has 1 N–H and O–H groups in total. The minimum absolute atomic E-state index is 0.0323. The van der Waals surface area contributed by atoms with E-state index in [2.05, 4.69) is 18.3 Å². The minimum Gasteiger partial charge on any atom is -0.326 e. The van der Waals surface area contributed by atoms with Gasteiger partial charge in [-0.3, -0.25) is 4.79 Å². The van der Waals surface area contributed by atoms with Gasteiger partial charge in [-0.1, -0.05) is 37.3 Å². The fraction of sp³-hybridized carbons (Fsp3) is 0.308. The standard InChI is InChI=1S/C13H17NO/c1-4-7-10(2)12-8-5-6-9-13(12)14-11(3)15/h4-10H,1-3H3,(H,14,15)/b7-4+. The van der Waals surface area contributed by atoms with Gasteiger partial charge in [0, 0.05) is 18.5 Å². The number of carbonyl (C=O) groups excluding carboxylic acids is 1.